The molecule has 126 valence electrons. The van der Waals surface area contributed by atoms with Crippen molar-refractivity contribution in [3.8, 4) is 0 Å². The molecule has 2 aliphatic rings. The average Bonchev–Trinajstić information content (AvgIpc) is 2.60. The second kappa shape index (κ2) is 7.86. The topological polar surface area (TPSA) is 72.5 Å². The Morgan fingerprint density at radius 3 is 2.96 bits per heavy atom. The van der Waals surface area contributed by atoms with Gasteiger partial charge in [-0.2, -0.15) is 0 Å². The summed E-state index contributed by atoms with van der Waals surface area (Å²) >= 11 is 0. The Hall–Kier alpha value is -1.50. The first-order valence-electron chi connectivity index (χ1n) is 8.41. The van der Waals surface area contributed by atoms with Gasteiger partial charge >= 0.3 is 0 Å². The minimum Gasteiger partial charge on any atom is -0.381 e. The number of amides is 1. The van der Waals surface area contributed by atoms with Gasteiger partial charge in [0.05, 0.1) is 11.2 Å². The SMILES string of the molecule is O=C(NCCNC1CCOC2(CCOCC2)C1)c1cccnc1. The fraction of sp³-hybridized carbons (Fsp3) is 0.647. The highest BCUT2D eigenvalue weighted by molar-refractivity contribution is 5.93. The van der Waals surface area contributed by atoms with Gasteiger partial charge in [-0.1, -0.05) is 0 Å². The van der Waals surface area contributed by atoms with Crippen LogP contribution in [0.3, 0.4) is 0 Å². The van der Waals surface area contributed by atoms with Crippen LogP contribution in [-0.2, 0) is 9.47 Å². The molecule has 1 spiro atoms. The largest absolute Gasteiger partial charge is 0.381 e. The summed E-state index contributed by atoms with van der Waals surface area (Å²) in [5, 5.41) is 6.47. The van der Waals surface area contributed by atoms with E-state index < -0.39 is 0 Å². The monoisotopic (exact) mass is 319 g/mol. The third kappa shape index (κ3) is 4.50. The molecule has 1 atom stereocenters. The molecule has 3 rings (SSSR count). The van der Waals surface area contributed by atoms with Crippen LogP contribution in [0.4, 0.5) is 0 Å². The van der Waals surface area contributed by atoms with E-state index in [2.05, 4.69) is 15.6 Å². The lowest BCUT2D eigenvalue weighted by Crippen LogP contribution is -2.50. The molecule has 1 aromatic rings. The number of nitrogens with one attached hydrogen (secondary N) is 2. The van der Waals surface area contributed by atoms with Gasteiger partial charge < -0.3 is 20.1 Å². The van der Waals surface area contributed by atoms with E-state index in [1.165, 1.54) is 0 Å². The minimum absolute atomic E-state index is 0.00707. The van der Waals surface area contributed by atoms with Crippen molar-refractivity contribution in [1.29, 1.82) is 0 Å². The molecule has 0 aromatic carbocycles. The first kappa shape index (κ1) is 16.4. The molecule has 3 heterocycles. The quantitative estimate of drug-likeness (QED) is 0.796. The summed E-state index contributed by atoms with van der Waals surface area (Å²) in [7, 11) is 0. The number of ether oxygens (including phenoxy) is 2. The van der Waals surface area contributed by atoms with Gasteiger partial charge in [0.15, 0.2) is 0 Å². The Morgan fingerprint density at radius 2 is 2.17 bits per heavy atom. The highest BCUT2D eigenvalue weighted by atomic mass is 16.5. The molecule has 6 nitrogen and oxygen atoms in total. The standard InChI is InChI=1S/C17H25N3O3/c21-16(14-2-1-6-18-13-14)20-8-7-19-15-3-9-23-17(12-15)4-10-22-11-5-17/h1-2,6,13,15,19H,3-5,7-12H2,(H,20,21). The molecule has 1 aromatic heterocycles. The molecule has 0 aliphatic carbocycles. The van der Waals surface area contributed by atoms with Crippen LogP contribution in [0, 0.1) is 0 Å². The second-order valence-corrected chi connectivity index (χ2v) is 6.29. The number of rotatable bonds is 5. The van der Waals surface area contributed by atoms with Gasteiger partial charge in [-0.3, -0.25) is 9.78 Å². The van der Waals surface area contributed by atoms with E-state index in [0.717, 1.165) is 52.0 Å². The summed E-state index contributed by atoms with van der Waals surface area (Å²) in [5.41, 5.74) is 0.604. The highest BCUT2D eigenvalue weighted by Gasteiger charge is 2.38. The van der Waals surface area contributed by atoms with Gasteiger partial charge in [0.25, 0.3) is 5.91 Å². The van der Waals surface area contributed by atoms with Gasteiger partial charge in [-0.25, -0.2) is 0 Å². The Morgan fingerprint density at radius 1 is 1.30 bits per heavy atom. The Balaban J connectivity index is 1.38. The lowest BCUT2D eigenvalue weighted by molar-refractivity contribution is -0.140. The van der Waals surface area contributed by atoms with Crippen molar-refractivity contribution >= 4 is 5.91 Å². The zero-order valence-electron chi connectivity index (χ0n) is 13.4. The maximum Gasteiger partial charge on any atom is 0.252 e. The maximum absolute atomic E-state index is 11.9. The second-order valence-electron chi connectivity index (χ2n) is 6.29. The zero-order chi connectivity index (χ0) is 16.0. The summed E-state index contributed by atoms with van der Waals surface area (Å²) in [6, 6.07) is 3.99. The van der Waals surface area contributed by atoms with Gasteiger partial charge in [0, 0.05) is 51.3 Å². The molecule has 2 fully saturated rings. The predicted molar refractivity (Wildman–Crippen MR) is 86.3 cm³/mol. The number of nitrogens with zero attached hydrogens (tertiary/aromatic N) is 1. The molecule has 2 aliphatic heterocycles. The van der Waals surface area contributed by atoms with Crippen LogP contribution >= 0.6 is 0 Å². The number of aromatic nitrogens is 1. The van der Waals surface area contributed by atoms with E-state index in [1.807, 2.05) is 0 Å². The van der Waals surface area contributed by atoms with E-state index in [9.17, 15) is 4.79 Å². The third-order valence-corrected chi connectivity index (χ3v) is 4.66. The molecular weight excluding hydrogens is 294 g/mol. The molecule has 1 unspecified atom stereocenters. The van der Waals surface area contributed by atoms with Crippen LogP contribution in [0.5, 0.6) is 0 Å². The number of pyridine rings is 1. The third-order valence-electron chi connectivity index (χ3n) is 4.66. The maximum atomic E-state index is 11.9. The first-order valence-corrected chi connectivity index (χ1v) is 8.41. The van der Waals surface area contributed by atoms with Crippen molar-refractivity contribution in [3.05, 3.63) is 30.1 Å². The summed E-state index contributed by atoms with van der Waals surface area (Å²) in [6.45, 7) is 3.78. The van der Waals surface area contributed by atoms with Crippen LogP contribution < -0.4 is 10.6 Å². The van der Waals surface area contributed by atoms with Crippen LogP contribution in [0.15, 0.2) is 24.5 Å². The van der Waals surface area contributed by atoms with Crippen LogP contribution in [0.2, 0.25) is 0 Å². The van der Waals surface area contributed by atoms with Gasteiger partial charge in [0.1, 0.15) is 0 Å². The van der Waals surface area contributed by atoms with E-state index in [4.69, 9.17) is 9.47 Å². The average molecular weight is 319 g/mol. The van der Waals surface area contributed by atoms with Crippen LogP contribution in [0.1, 0.15) is 36.0 Å². The molecular formula is C17H25N3O3. The van der Waals surface area contributed by atoms with Gasteiger partial charge in [0.2, 0.25) is 0 Å². The predicted octanol–water partition coefficient (Wildman–Crippen LogP) is 1.13. The number of carbonyl (C=O) groups is 1. The molecule has 6 heteroatoms. The molecule has 0 radical (unpaired) electrons. The van der Waals surface area contributed by atoms with Crippen LogP contribution in [0.25, 0.3) is 0 Å². The minimum atomic E-state index is -0.0761. The number of hydrogen-bond donors (Lipinski definition) is 2. The van der Waals surface area contributed by atoms with Gasteiger partial charge in [-0.15, -0.1) is 0 Å². The lowest BCUT2D eigenvalue weighted by Gasteiger charge is -2.43. The van der Waals surface area contributed by atoms with E-state index in [-0.39, 0.29) is 11.5 Å². The highest BCUT2D eigenvalue weighted by Crippen LogP contribution is 2.34. The molecule has 0 bridgehead atoms. The molecule has 23 heavy (non-hydrogen) atoms. The summed E-state index contributed by atoms with van der Waals surface area (Å²) in [5.74, 6) is -0.0761. The molecule has 2 saturated heterocycles. The Kier molecular flexibility index (Phi) is 5.59. The van der Waals surface area contributed by atoms with E-state index in [0.29, 0.717) is 18.2 Å². The van der Waals surface area contributed by atoms with Crippen molar-refractivity contribution in [2.75, 3.05) is 32.9 Å². The van der Waals surface area contributed by atoms with Crippen LogP contribution in [-0.4, -0.2) is 55.4 Å². The normalized spacial score (nSPS) is 23.6. The van der Waals surface area contributed by atoms with E-state index >= 15 is 0 Å². The fourth-order valence-corrected chi connectivity index (χ4v) is 3.35. The van der Waals surface area contributed by atoms with Crippen molar-refractivity contribution in [2.45, 2.75) is 37.3 Å². The lowest BCUT2D eigenvalue weighted by atomic mass is 9.84. The molecule has 0 saturated carbocycles. The summed E-state index contributed by atoms with van der Waals surface area (Å²) in [6.07, 6.45) is 7.28. The number of carbonyl (C=O) groups excluding carboxylic acids is 1. The van der Waals surface area contributed by atoms with Crippen molar-refractivity contribution in [1.82, 2.24) is 15.6 Å². The van der Waals surface area contributed by atoms with Crippen molar-refractivity contribution in [3.63, 3.8) is 0 Å². The zero-order valence-corrected chi connectivity index (χ0v) is 13.4. The first-order chi connectivity index (χ1) is 11.3. The smallest absolute Gasteiger partial charge is 0.252 e. The van der Waals surface area contributed by atoms with Crippen molar-refractivity contribution in [2.24, 2.45) is 0 Å². The molecule has 1 amide bonds. The van der Waals surface area contributed by atoms with Gasteiger partial charge in [-0.05, 0) is 37.8 Å². The summed E-state index contributed by atoms with van der Waals surface area (Å²) in [4.78, 5) is 15.9. The summed E-state index contributed by atoms with van der Waals surface area (Å²) < 4.78 is 11.5. The van der Waals surface area contributed by atoms with Crippen molar-refractivity contribution < 1.29 is 14.3 Å². The number of hydrogen-bond acceptors (Lipinski definition) is 5. The van der Waals surface area contributed by atoms with E-state index in [1.54, 1.807) is 24.5 Å². The molecule has 2 N–H and O–H groups in total. The Labute approximate surface area is 137 Å². The Bertz CT molecular complexity index is 498. The fourth-order valence-electron chi connectivity index (χ4n) is 3.35.